The van der Waals surface area contributed by atoms with Gasteiger partial charge in [-0.25, -0.2) is 4.98 Å². The first-order chi connectivity index (χ1) is 12.6. The highest BCUT2D eigenvalue weighted by molar-refractivity contribution is 5.87. The predicted octanol–water partition coefficient (Wildman–Crippen LogP) is 2.58. The van der Waals surface area contributed by atoms with Gasteiger partial charge in [-0.15, -0.1) is 0 Å². The highest BCUT2D eigenvalue weighted by Crippen LogP contribution is 2.34. The molecule has 7 heteroatoms. The molecular weight excluding hydrogens is 330 g/mol. The van der Waals surface area contributed by atoms with Crippen LogP contribution in [-0.4, -0.2) is 26.9 Å². The maximum Gasteiger partial charge on any atom is 0.259 e. The summed E-state index contributed by atoms with van der Waals surface area (Å²) in [6, 6.07) is 14.7. The average Bonchev–Trinajstić information content (AvgIpc) is 2.96. The molecule has 2 aromatic carbocycles. The number of aryl methyl sites for hydroxylation is 1. The van der Waals surface area contributed by atoms with Gasteiger partial charge in [0, 0.05) is 12.6 Å². The molecular formula is C19H17N5O2. The molecule has 0 unspecified atom stereocenters. The molecule has 2 heterocycles. The van der Waals surface area contributed by atoms with E-state index >= 15 is 0 Å². The van der Waals surface area contributed by atoms with Gasteiger partial charge in [0.25, 0.3) is 5.56 Å². The molecule has 4 aromatic rings. The molecule has 0 radical (unpaired) electrons. The number of methoxy groups -OCH3 is 1. The van der Waals surface area contributed by atoms with Crippen LogP contribution in [0.15, 0.2) is 53.3 Å². The number of hydrogen-bond donors (Lipinski definition) is 2. The maximum atomic E-state index is 12.4. The molecule has 4 rings (SSSR count). The minimum absolute atomic E-state index is 0.213. The van der Waals surface area contributed by atoms with E-state index in [-0.39, 0.29) is 5.56 Å². The lowest BCUT2D eigenvalue weighted by Gasteiger charge is -2.06. The number of fused-ring (bicyclic) bond motifs is 1. The molecule has 0 aliphatic heterocycles. The number of benzene rings is 2. The predicted molar refractivity (Wildman–Crippen MR) is 101 cm³/mol. The minimum Gasteiger partial charge on any atom is -0.497 e. The number of nitrogens with zero attached hydrogens (tertiary/aromatic N) is 3. The Balaban J connectivity index is 1.95. The van der Waals surface area contributed by atoms with Gasteiger partial charge >= 0.3 is 0 Å². The number of H-pyrrole nitrogens is 1. The van der Waals surface area contributed by atoms with Gasteiger partial charge < -0.3 is 15.5 Å². The average molecular weight is 347 g/mol. The largest absolute Gasteiger partial charge is 0.497 e. The van der Waals surface area contributed by atoms with Gasteiger partial charge in [-0.2, -0.15) is 5.10 Å². The number of nitrogens with two attached hydrogens (primary N) is 1. The van der Waals surface area contributed by atoms with Crippen LogP contribution in [-0.2, 0) is 7.05 Å². The quantitative estimate of drug-likeness (QED) is 0.593. The van der Waals surface area contributed by atoms with E-state index in [1.165, 1.54) is 0 Å². The lowest BCUT2D eigenvalue weighted by Crippen LogP contribution is -2.10. The van der Waals surface area contributed by atoms with E-state index in [1.807, 2.05) is 30.3 Å². The monoisotopic (exact) mass is 347 g/mol. The van der Waals surface area contributed by atoms with Crippen LogP contribution in [0.4, 0.5) is 5.82 Å². The SMILES string of the molecule is COc1ccc(-c2nn(C)c(N)c2-c2nc3ccccc3c(=O)[nH]2)cc1. The molecule has 26 heavy (non-hydrogen) atoms. The fraction of sp³-hybridized carbons (Fsp3) is 0.105. The Kier molecular flexibility index (Phi) is 3.69. The van der Waals surface area contributed by atoms with E-state index in [2.05, 4.69) is 15.1 Å². The van der Waals surface area contributed by atoms with Crippen molar-refractivity contribution >= 4 is 16.7 Å². The summed E-state index contributed by atoms with van der Waals surface area (Å²) < 4.78 is 6.78. The number of ether oxygens (including phenoxy) is 1. The Morgan fingerprint density at radius 1 is 1.12 bits per heavy atom. The first kappa shape index (κ1) is 15.9. The van der Waals surface area contributed by atoms with Crippen LogP contribution >= 0.6 is 0 Å². The highest BCUT2D eigenvalue weighted by atomic mass is 16.5. The van der Waals surface area contributed by atoms with Crippen molar-refractivity contribution in [2.75, 3.05) is 12.8 Å². The molecule has 0 spiro atoms. The second kappa shape index (κ2) is 6.03. The lowest BCUT2D eigenvalue weighted by atomic mass is 10.1. The molecule has 3 N–H and O–H groups in total. The fourth-order valence-corrected chi connectivity index (χ4v) is 2.93. The zero-order valence-corrected chi connectivity index (χ0v) is 14.4. The molecule has 130 valence electrons. The van der Waals surface area contributed by atoms with Crippen LogP contribution in [0.3, 0.4) is 0 Å². The van der Waals surface area contributed by atoms with Crippen molar-refractivity contribution in [3.05, 3.63) is 58.9 Å². The number of rotatable bonds is 3. The first-order valence-corrected chi connectivity index (χ1v) is 8.05. The Bertz CT molecular complexity index is 1160. The number of aromatic nitrogens is 4. The lowest BCUT2D eigenvalue weighted by molar-refractivity contribution is 0.415. The Morgan fingerprint density at radius 3 is 2.58 bits per heavy atom. The van der Waals surface area contributed by atoms with E-state index in [9.17, 15) is 4.79 Å². The number of para-hydroxylation sites is 1. The normalized spacial score (nSPS) is 11.0. The topological polar surface area (TPSA) is 98.8 Å². The minimum atomic E-state index is -0.213. The molecule has 0 saturated heterocycles. The standard InChI is InChI=1S/C19H17N5O2/c1-24-17(20)15(16(23-24)11-7-9-12(26-2)10-8-11)18-21-14-6-4-3-5-13(14)19(25)22-18/h3-10H,20H2,1-2H3,(H,21,22,25). The highest BCUT2D eigenvalue weighted by Gasteiger charge is 2.20. The van der Waals surface area contributed by atoms with Crippen molar-refractivity contribution in [2.24, 2.45) is 7.05 Å². The number of nitrogens with one attached hydrogen (secondary N) is 1. The molecule has 0 bridgehead atoms. The molecule has 7 nitrogen and oxygen atoms in total. The van der Waals surface area contributed by atoms with Crippen molar-refractivity contribution in [1.29, 1.82) is 0 Å². The van der Waals surface area contributed by atoms with Gasteiger partial charge in [0.15, 0.2) is 0 Å². The van der Waals surface area contributed by atoms with Crippen molar-refractivity contribution < 1.29 is 4.74 Å². The molecule has 0 aliphatic rings. The molecule has 0 fully saturated rings. The second-order valence-electron chi connectivity index (χ2n) is 5.89. The smallest absolute Gasteiger partial charge is 0.259 e. The zero-order chi connectivity index (χ0) is 18.3. The van der Waals surface area contributed by atoms with E-state index < -0.39 is 0 Å². The van der Waals surface area contributed by atoms with Crippen LogP contribution in [0.5, 0.6) is 5.75 Å². The van der Waals surface area contributed by atoms with Gasteiger partial charge in [-0.05, 0) is 36.4 Å². The number of anilines is 1. The van der Waals surface area contributed by atoms with Crippen molar-refractivity contribution in [3.8, 4) is 28.4 Å². The maximum absolute atomic E-state index is 12.4. The third-order valence-corrected chi connectivity index (χ3v) is 4.30. The number of nitrogen functional groups attached to an aromatic ring is 1. The van der Waals surface area contributed by atoms with E-state index in [1.54, 1.807) is 37.0 Å². The summed E-state index contributed by atoms with van der Waals surface area (Å²) in [4.78, 5) is 19.9. The van der Waals surface area contributed by atoms with Gasteiger partial charge in [-0.3, -0.25) is 9.48 Å². The summed E-state index contributed by atoms with van der Waals surface area (Å²) >= 11 is 0. The summed E-state index contributed by atoms with van der Waals surface area (Å²) in [7, 11) is 3.37. The second-order valence-corrected chi connectivity index (χ2v) is 5.89. The van der Waals surface area contributed by atoms with Crippen LogP contribution in [0.25, 0.3) is 33.5 Å². The number of aromatic amines is 1. The van der Waals surface area contributed by atoms with Crippen LogP contribution in [0.2, 0.25) is 0 Å². The Hall–Kier alpha value is -3.61. The third-order valence-electron chi connectivity index (χ3n) is 4.30. The fourth-order valence-electron chi connectivity index (χ4n) is 2.93. The van der Waals surface area contributed by atoms with E-state index in [4.69, 9.17) is 10.5 Å². The van der Waals surface area contributed by atoms with Crippen molar-refractivity contribution in [1.82, 2.24) is 19.7 Å². The van der Waals surface area contributed by atoms with Gasteiger partial charge in [0.2, 0.25) is 0 Å². The molecule has 0 aliphatic carbocycles. The van der Waals surface area contributed by atoms with Gasteiger partial charge in [0.05, 0.1) is 23.6 Å². The summed E-state index contributed by atoms with van der Waals surface area (Å²) in [6.07, 6.45) is 0. The van der Waals surface area contributed by atoms with Crippen molar-refractivity contribution in [3.63, 3.8) is 0 Å². The Labute approximate surface area is 149 Å². The third kappa shape index (κ3) is 2.50. The zero-order valence-electron chi connectivity index (χ0n) is 14.4. The van der Waals surface area contributed by atoms with Crippen LogP contribution < -0.4 is 16.0 Å². The number of hydrogen-bond acceptors (Lipinski definition) is 5. The van der Waals surface area contributed by atoms with E-state index in [0.29, 0.717) is 33.8 Å². The summed E-state index contributed by atoms with van der Waals surface area (Å²) in [5.74, 6) is 1.57. The van der Waals surface area contributed by atoms with Crippen molar-refractivity contribution in [2.45, 2.75) is 0 Å². The molecule has 0 amide bonds. The summed E-state index contributed by atoms with van der Waals surface area (Å²) in [5.41, 5.74) is 8.72. The summed E-state index contributed by atoms with van der Waals surface area (Å²) in [5, 5.41) is 5.04. The van der Waals surface area contributed by atoms with E-state index in [0.717, 1.165) is 11.3 Å². The molecule has 2 aromatic heterocycles. The van der Waals surface area contributed by atoms with Gasteiger partial charge in [0.1, 0.15) is 23.1 Å². The molecule has 0 atom stereocenters. The first-order valence-electron chi connectivity index (χ1n) is 8.05. The van der Waals surface area contributed by atoms with Gasteiger partial charge in [-0.1, -0.05) is 12.1 Å². The van der Waals surface area contributed by atoms with Crippen LogP contribution in [0.1, 0.15) is 0 Å². The molecule has 0 saturated carbocycles. The summed E-state index contributed by atoms with van der Waals surface area (Å²) in [6.45, 7) is 0. The van der Waals surface area contributed by atoms with Crippen LogP contribution in [0, 0.1) is 0 Å². The Morgan fingerprint density at radius 2 is 1.85 bits per heavy atom.